The third kappa shape index (κ3) is 4.09. The number of methoxy groups -OCH3 is 1. The molecule has 0 fully saturated rings. The van der Waals surface area contributed by atoms with Gasteiger partial charge in [0.2, 0.25) is 5.95 Å². The standard InChI is InChI=1S/C8H11Cl2N3O/c1-14-5-7(10)4-13-8-11-2-6(9)3-12-8/h2-3,7H,4-5H2,1H3,(H,11,12,13). The fourth-order valence-electron chi connectivity index (χ4n) is 0.845. The van der Waals surface area contributed by atoms with Crippen molar-refractivity contribution in [3.05, 3.63) is 17.4 Å². The zero-order valence-electron chi connectivity index (χ0n) is 7.70. The molecule has 78 valence electrons. The highest BCUT2D eigenvalue weighted by atomic mass is 35.5. The zero-order chi connectivity index (χ0) is 10.4. The van der Waals surface area contributed by atoms with Crippen molar-refractivity contribution in [1.29, 1.82) is 0 Å². The van der Waals surface area contributed by atoms with E-state index in [0.29, 0.717) is 24.1 Å². The van der Waals surface area contributed by atoms with Gasteiger partial charge in [-0.15, -0.1) is 11.6 Å². The monoisotopic (exact) mass is 235 g/mol. The first-order valence-electron chi connectivity index (χ1n) is 4.07. The van der Waals surface area contributed by atoms with Gasteiger partial charge in [0.25, 0.3) is 0 Å². The SMILES string of the molecule is COCC(Cl)CNc1ncc(Cl)cn1. The molecule has 1 atom stereocenters. The number of nitrogens with zero attached hydrogens (tertiary/aromatic N) is 2. The molecule has 0 saturated carbocycles. The number of rotatable bonds is 5. The third-order valence-corrected chi connectivity index (χ3v) is 1.92. The molecule has 14 heavy (non-hydrogen) atoms. The summed E-state index contributed by atoms with van der Waals surface area (Å²) in [5.74, 6) is 0.510. The maximum Gasteiger partial charge on any atom is 0.222 e. The van der Waals surface area contributed by atoms with E-state index in [-0.39, 0.29) is 5.38 Å². The van der Waals surface area contributed by atoms with Crippen LogP contribution in [0.4, 0.5) is 5.95 Å². The molecule has 0 aromatic carbocycles. The van der Waals surface area contributed by atoms with Crippen LogP contribution in [0.25, 0.3) is 0 Å². The highest BCUT2D eigenvalue weighted by molar-refractivity contribution is 6.30. The second kappa shape index (κ2) is 6.01. The third-order valence-electron chi connectivity index (χ3n) is 1.45. The molecule has 0 bridgehead atoms. The molecule has 0 aliphatic carbocycles. The summed E-state index contributed by atoms with van der Waals surface area (Å²) >= 11 is 11.5. The summed E-state index contributed by atoms with van der Waals surface area (Å²) in [5.41, 5.74) is 0. The van der Waals surface area contributed by atoms with Crippen LogP contribution < -0.4 is 5.32 Å². The summed E-state index contributed by atoms with van der Waals surface area (Å²) in [6, 6.07) is 0. The van der Waals surface area contributed by atoms with Gasteiger partial charge < -0.3 is 10.1 Å². The quantitative estimate of drug-likeness (QED) is 0.792. The van der Waals surface area contributed by atoms with E-state index < -0.39 is 0 Å². The van der Waals surface area contributed by atoms with Crippen LogP contribution in [0.1, 0.15) is 0 Å². The average Bonchev–Trinajstić information content (AvgIpc) is 2.17. The topological polar surface area (TPSA) is 47.0 Å². The molecule has 0 aliphatic rings. The van der Waals surface area contributed by atoms with Gasteiger partial charge in [-0.2, -0.15) is 0 Å². The van der Waals surface area contributed by atoms with Crippen LogP contribution in [0.15, 0.2) is 12.4 Å². The van der Waals surface area contributed by atoms with Crippen molar-refractivity contribution < 1.29 is 4.74 Å². The largest absolute Gasteiger partial charge is 0.383 e. The van der Waals surface area contributed by atoms with E-state index in [2.05, 4.69) is 15.3 Å². The molecule has 0 amide bonds. The van der Waals surface area contributed by atoms with Crippen molar-refractivity contribution in [3.63, 3.8) is 0 Å². The molecule has 1 rings (SSSR count). The molecule has 0 aliphatic heterocycles. The minimum atomic E-state index is -0.0979. The van der Waals surface area contributed by atoms with E-state index in [9.17, 15) is 0 Å². The smallest absolute Gasteiger partial charge is 0.222 e. The lowest BCUT2D eigenvalue weighted by Gasteiger charge is -2.08. The highest BCUT2D eigenvalue weighted by Crippen LogP contribution is 2.06. The van der Waals surface area contributed by atoms with Gasteiger partial charge in [0.1, 0.15) is 0 Å². The Morgan fingerprint density at radius 3 is 2.71 bits per heavy atom. The van der Waals surface area contributed by atoms with Crippen LogP contribution in [0, 0.1) is 0 Å². The fraction of sp³-hybridized carbons (Fsp3) is 0.500. The minimum absolute atomic E-state index is 0.0979. The highest BCUT2D eigenvalue weighted by Gasteiger charge is 2.04. The lowest BCUT2D eigenvalue weighted by Crippen LogP contribution is -2.19. The van der Waals surface area contributed by atoms with Crippen LogP contribution in [0.5, 0.6) is 0 Å². The summed E-state index contributed by atoms with van der Waals surface area (Å²) in [6.45, 7) is 1.04. The second-order valence-electron chi connectivity index (χ2n) is 2.66. The van der Waals surface area contributed by atoms with E-state index in [4.69, 9.17) is 27.9 Å². The molecule has 6 heteroatoms. The molecule has 1 heterocycles. The van der Waals surface area contributed by atoms with Gasteiger partial charge in [-0.1, -0.05) is 11.6 Å². The molecule has 1 aromatic rings. The number of ether oxygens (including phenoxy) is 1. The Hall–Kier alpha value is -0.580. The van der Waals surface area contributed by atoms with Gasteiger partial charge in [0, 0.05) is 13.7 Å². The molecule has 1 unspecified atom stereocenters. The normalized spacial score (nSPS) is 12.5. The first kappa shape index (κ1) is 11.5. The Morgan fingerprint density at radius 1 is 1.50 bits per heavy atom. The molecular formula is C8H11Cl2N3O. The van der Waals surface area contributed by atoms with E-state index in [1.54, 1.807) is 7.11 Å². The van der Waals surface area contributed by atoms with Crippen LogP contribution in [0.3, 0.4) is 0 Å². The van der Waals surface area contributed by atoms with Gasteiger partial charge in [-0.3, -0.25) is 0 Å². The second-order valence-corrected chi connectivity index (χ2v) is 3.71. The summed E-state index contributed by atoms with van der Waals surface area (Å²) in [6.07, 6.45) is 3.05. The van der Waals surface area contributed by atoms with Crippen molar-refractivity contribution in [1.82, 2.24) is 9.97 Å². The molecule has 0 radical (unpaired) electrons. The summed E-state index contributed by atoms with van der Waals surface area (Å²) in [4.78, 5) is 7.91. The number of alkyl halides is 1. The molecule has 0 saturated heterocycles. The number of hydrogen-bond donors (Lipinski definition) is 1. The van der Waals surface area contributed by atoms with E-state index >= 15 is 0 Å². The number of halogens is 2. The van der Waals surface area contributed by atoms with Crippen molar-refractivity contribution in [2.75, 3.05) is 25.6 Å². The van der Waals surface area contributed by atoms with Crippen LogP contribution in [0.2, 0.25) is 5.02 Å². The predicted octanol–water partition coefficient (Wildman–Crippen LogP) is 1.80. The lowest BCUT2D eigenvalue weighted by molar-refractivity contribution is 0.200. The summed E-state index contributed by atoms with van der Waals surface area (Å²) < 4.78 is 4.88. The van der Waals surface area contributed by atoms with E-state index in [1.165, 1.54) is 12.4 Å². The fourth-order valence-corrected chi connectivity index (χ4v) is 1.15. The number of hydrogen-bond acceptors (Lipinski definition) is 4. The summed E-state index contributed by atoms with van der Waals surface area (Å²) in [5, 5.41) is 3.37. The predicted molar refractivity (Wildman–Crippen MR) is 57.0 cm³/mol. The molecule has 1 N–H and O–H groups in total. The van der Waals surface area contributed by atoms with Crippen molar-refractivity contribution >= 4 is 29.2 Å². The van der Waals surface area contributed by atoms with Gasteiger partial charge in [-0.25, -0.2) is 9.97 Å². The van der Waals surface area contributed by atoms with Crippen molar-refractivity contribution in [2.45, 2.75) is 5.38 Å². The zero-order valence-corrected chi connectivity index (χ0v) is 9.22. The molecule has 4 nitrogen and oxygen atoms in total. The first-order valence-corrected chi connectivity index (χ1v) is 4.88. The number of aromatic nitrogens is 2. The number of nitrogens with one attached hydrogen (secondary N) is 1. The Morgan fingerprint density at radius 2 is 2.14 bits per heavy atom. The Balaban J connectivity index is 2.34. The maximum absolute atomic E-state index is 5.89. The van der Waals surface area contributed by atoms with Crippen molar-refractivity contribution in [3.8, 4) is 0 Å². The molecular weight excluding hydrogens is 225 g/mol. The van der Waals surface area contributed by atoms with Crippen LogP contribution in [-0.4, -0.2) is 35.6 Å². The van der Waals surface area contributed by atoms with Gasteiger partial charge in [0.15, 0.2) is 0 Å². The maximum atomic E-state index is 5.89. The summed E-state index contributed by atoms with van der Waals surface area (Å²) in [7, 11) is 1.61. The van der Waals surface area contributed by atoms with Gasteiger partial charge in [-0.05, 0) is 0 Å². The molecule has 0 spiro atoms. The average molecular weight is 236 g/mol. The Kier molecular flexibility index (Phi) is 4.93. The van der Waals surface area contributed by atoms with Crippen LogP contribution in [-0.2, 0) is 4.74 Å². The van der Waals surface area contributed by atoms with E-state index in [1.807, 2.05) is 0 Å². The molecule has 1 aromatic heterocycles. The Labute approximate surface area is 92.6 Å². The minimum Gasteiger partial charge on any atom is -0.383 e. The van der Waals surface area contributed by atoms with Crippen molar-refractivity contribution in [2.24, 2.45) is 0 Å². The van der Waals surface area contributed by atoms with Crippen LogP contribution >= 0.6 is 23.2 Å². The Bertz CT molecular complexity index is 268. The number of anilines is 1. The van der Waals surface area contributed by atoms with Gasteiger partial charge >= 0.3 is 0 Å². The van der Waals surface area contributed by atoms with Gasteiger partial charge in [0.05, 0.1) is 29.4 Å². The van der Waals surface area contributed by atoms with E-state index in [0.717, 1.165) is 0 Å². The lowest BCUT2D eigenvalue weighted by atomic mass is 10.4. The first-order chi connectivity index (χ1) is 6.72.